The van der Waals surface area contributed by atoms with Crippen LogP contribution < -0.4 is 10.5 Å². The van der Waals surface area contributed by atoms with Crippen LogP contribution in [0.5, 0.6) is 0 Å². The van der Waals surface area contributed by atoms with Crippen molar-refractivity contribution in [3.05, 3.63) is 64.1 Å². The van der Waals surface area contributed by atoms with Gasteiger partial charge in [0.1, 0.15) is 10.8 Å². The van der Waals surface area contributed by atoms with Crippen LogP contribution in [0.1, 0.15) is 54.8 Å². The lowest BCUT2D eigenvalue weighted by molar-refractivity contribution is 0.153. The van der Waals surface area contributed by atoms with Crippen molar-refractivity contribution in [1.29, 1.82) is 0 Å². The molecule has 2 atom stereocenters. The molecular formula is C21H25N3O3S2. The molecule has 0 fully saturated rings. The van der Waals surface area contributed by atoms with Gasteiger partial charge in [0, 0.05) is 24.6 Å². The molecule has 2 aliphatic carbocycles. The molecule has 4 rings (SSSR count). The van der Waals surface area contributed by atoms with Gasteiger partial charge in [-0.3, -0.25) is 0 Å². The number of hydrogen-bond donors (Lipinski definition) is 3. The molecule has 0 radical (unpaired) electrons. The van der Waals surface area contributed by atoms with Crippen LogP contribution in [0.3, 0.4) is 0 Å². The average molecular weight is 432 g/mol. The van der Waals surface area contributed by atoms with Gasteiger partial charge in [-0.25, -0.2) is 18.1 Å². The molecule has 0 saturated carbocycles. The molecule has 1 aromatic carbocycles. The van der Waals surface area contributed by atoms with Crippen molar-refractivity contribution < 1.29 is 13.2 Å². The molecule has 0 saturated heterocycles. The highest BCUT2D eigenvalue weighted by molar-refractivity contribution is 7.70. The number of benzene rings is 1. The molecule has 1 aromatic heterocycles. The van der Waals surface area contributed by atoms with E-state index in [1.165, 1.54) is 5.56 Å². The highest BCUT2D eigenvalue weighted by atomic mass is 32.2. The fraction of sp³-hybridized carbons (Fsp3) is 0.381. The fourth-order valence-corrected chi connectivity index (χ4v) is 5.56. The Kier molecular flexibility index (Phi) is 5.76. The second-order valence-electron chi connectivity index (χ2n) is 7.64. The van der Waals surface area contributed by atoms with E-state index in [1.54, 1.807) is 11.3 Å². The smallest absolute Gasteiger partial charge is 0.201 e. The van der Waals surface area contributed by atoms with Crippen LogP contribution in [0, 0.1) is 0 Å². The number of rotatable bonds is 6. The van der Waals surface area contributed by atoms with E-state index in [9.17, 15) is 8.42 Å². The maximum atomic E-state index is 11.1. The summed E-state index contributed by atoms with van der Waals surface area (Å²) in [6.45, 7) is 3.97. The number of nitrogens with zero attached hydrogens (tertiary/aromatic N) is 1. The number of allylic oxidation sites excluding steroid dienone is 3. The van der Waals surface area contributed by atoms with Crippen molar-refractivity contribution in [2.24, 2.45) is 5.73 Å². The van der Waals surface area contributed by atoms with Crippen molar-refractivity contribution in [2.45, 2.75) is 51.2 Å². The molecule has 1 unspecified atom stereocenters. The predicted octanol–water partition coefficient (Wildman–Crippen LogP) is 3.55. The maximum absolute atomic E-state index is 11.1. The number of nitrogens with one attached hydrogen (secondary N) is 1. The van der Waals surface area contributed by atoms with E-state index in [4.69, 9.17) is 10.5 Å². The maximum Gasteiger partial charge on any atom is 0.201 e. The zero-order valence-electron chi connectivity index (χ0n) is 16.4. The van der Waals surface area contributed by atoms with Crippen LogP contribution >= 0.6 is 11.3 Å². The summed E-state index contributed by atoms with van der Waals surface area (Å²) in [6.07, 6.45) is 8.40. The quantitative estimate of drug-likeness (QED) is 0.608. The van der Waals surface area contributed by atoms with Crippen molar-refractivity contribution in [3.63, 3.8) is 0 Å². The normalized spacial score (nSPS) is 21.2. The Balaban J connectivity index is 1.57. The minimum absolute atomic E-state index is 0.0921. The van der Waals surface area contributed by atoms with E-state index in [2.05, 4.69) is 21.8 Å². The molecule has 0 aliphatic heterocycles. The summed E-state index contributed by atoms with van der Waals surface area (Å²) >= 11 is 1.67. The lowest BCUT2D eigenvalue weighted by Gasteiger charge is -2.20. The van der Waals surface area contributed by atoms with Crippen LogP contribution in [0.15, 0.2) is 48.0 Å². The first-order chi connectivity index (χ1) is 13.9. The first kappa shape index (κ1) is 20.1. The topological polar surface area (TPSA) is 94.3 Å². The van der Waals surface area contributed by atoms with E-state index in [0.29, 0.717) is 6.42 Å². The van der Waals surface area contributed by atoms with Gasteiger partial charge in [0.05, 0.1) is 16.7 Å². The highest BCUT2D eigenvalue weighted by Crippen LogP contribution is 2.41. The summed E-state index contributed by atoms with van der Waals surface area (Å²) in [6, 6.07) is 5.96. The Bertz CT molecular complexity index is 1050. The van der Waals surface area contributed by atoms with Gasteiger partial charge in [-0.2, -0.15) is 0 Å². The molecule has 0 spiro atoms. The molecule has 2 aliphatic rings. The predicted molar refractivity (Wildman–Crippen MR) is 116 cm³/mol. The number of hydrogen-bond acceptors (Lipinski definition) is 6. The van der Waals surface area contributed by atoms with Crippen LogP contribution in [-0.4, -0.2) is 19.5 Å². The first-order valence-corrected chi connectivity index (χ1v) is 11.7. The highest BCUT2D eigenvalue weighted by Gasteiger charge is 2.27. The minimum atomic E-state index is -2.61. The van der Waals surface area contributed by atoms with Gasteiger partial charge < -0.3 is 10.5 Å². The number of thiol groups is 1. The lowest BCUT2D eigenvalue weighted by Crippen LogP contribution is -2.16. The summed E-state index contributed by atoms with van der Waals surface area (Å²) in [5.74, 6) is 0.896. The molecular weight excluding hydrogens is 406 g/mol. The largest absolute Gasteiger partial charge is 0.489 e. The summed E-state index contributed by atoms with van der Waals surface area (Å²) in [5, 5.41) is 1.02. The SMILES string of the molecule is CC(C)OC1=C(N)CC(c2ncc(-c3cccc4c3CC[C@@H]4N[SH](=O)=O)s2)C=C1. The zero-order valence-corrected chi connectivity index (χ0v) is 18.1. The summed E-state index contributed by atoms with van der Waals surface area (Å²) < 4.78 is 30.6. The van der Waals surface area contributed by atoms with Crippen molar-refractivity contribution in [2.75, 3.05) is 0 Å². The number of ether oxygens (including phenoxy) is 1. The summed E-state index contributed by atoms with van der Waals surface area (Å²) in [4.78, 5) is 5.77. The molecule has 0 bridgehead atoms. The Hall–Kier alpha value is -2.16. The van der Waals surface area contributed by atoms with E-state index in [-0.39, 0.29) is 18.1 Å². The fourth-order valence-electron chi connectivity index (χ4n) is 3.98. The molecule has 0 amide bonds. The second kappa shape index (κ2) is 8.30. The Morgan fingerprint density at radius 1 is 1.34 bits per heavy atom. The summed E-state index contributed by atoms with van der Waals surface area (Å²) in [5.41, 5.74) is 10.4. The third kappa shape index (κ3) is 4.24. The van der Waals surface area contributed by atoms with Gasteiger partial charge in [-0.05, 0) is 49.5 Å². The third-order valence-electron chi connectivity index (χ3n) is 5.24. The second-order valence-corrected chi connectivity index (χ2v) is 9.47. The van der Waals surface area contributed by atoms with E-state index in [0.717, 1.165) is 45.3 Å². The zero-order chi connectivity index (χ0) is 20.5. The van der Waals surface area contributed by atoms with Crippen LogP contribution in [0.2, 0.25) is 0 Å². The van der Waals surface area contributed by atoms with Crippen LogP contribution in [0.4, 0.5) is 0 Å². The molecule has 1 heterocycles. The van der Waals surface area contributed by atoms with Crippen LogP contribution in [0.25, 0.3) is 10.4 Å². The van der Waals surface area contributed by atoms with Crippen molar-refractivity contribution >= 4 is 22.2 Å². The Labute approximate surface area is 176 Å². The third-order valence-corrected chi connectivity index (χ3v) is 6.92. The number of nitrogens with two attached hydrogens (primary N) is 1. The van der Waals surface area contributed by atoms with Gasteiger partial charge in [0.2, 0.25) is 10.9 Å². The van der Waals surface area contributed by atoms with Gasteiger partial charge in [-0.15, -0.1) is 11.3 Å². The summed E-state index contributed by atoms with van der Waals surface area (Å²) in [7, 11) is -2.61. The average Bonchev–Trinajstić information content (AvgIpc) is 3.30. The minimum Gasteiger partial charge on any atom is -0.489 e. The number of fused-ring (bicyclic) bond motifs is 1. The Morgan fingerprint density at radius 2 is 2.17 bits per heavy atom. The molecule has 2 aromatic rings. The van der Waals surface area contributed by atoms with E-state index < -0.39 is 10.9 Å². The van der Waals surface area contributed by atoms with Gasteiger partial charge >= 0.3 is 0 Å². The van der Waals surface area contributed by atoms with Gasteiger partial charge in [0.25, 0.3) is 0 Å². The molecule has 8 heteroatoms. The lowest BCUT2D eigenvalue weighted by atomic mass is 9.98. The van der Waals surface area contributed by atoms with Crippen LogP contribution in [-0.2, 0) is 22.0 Å². The number of aromatic nitrogens is 1. The first-order valence-electron chi connectivity index (χ1n) is 9.74. The van der Waals surface area contributed by atoms with E-state index in [1.807, 2.05) is 38.3 Å². The Morgan fingerprint density at radius 3 is 2.90 bits per heavy atom. The van der Waals surface area contributed by atoms with Crippen molar-refractivity contribution in [3.8, 4) is 10.4 Å². The van der Waals surface area contributed by atoms with Crippen molar-refractivity contribution in [1.82, 2.24) is 9.71 Å². The molecule has 154 valence electrons. The molecule has 29 heavy (non-hydrogen) atoms. The standard InChI is InChI=1S/C21H25N3O3S2/c1-12(2)27-19-9-6-13(10-17(19)22)21-23-11-20(28-21)16-5-3-4-15-14(16)7-8-18(15)24-29(25)26/h3-6,9,11-13,18,29H,7-8,10,22H2,1-2H3,(H,24,25,26)/t13?,18-/m0/s1. The molecule has 3 N–H and O–H groups in total. The van der Waals surface area contributed by atoms with Gasteiger partial charge in [0.15, 0.2) is 0 Å². The molecule has 6 nitrogen and oxygen atoms in total. The number of thiazole rings is 1. The van der Waals surface area contributed by atoms with E-state index >= 15 is 0 Å². The van der Waals surface area contributed by atoms with Gasteiger partial charge in [-0.1, -0.05) is 24.3 Å². The monoisotopic (exact) mass is 431 g/mol.